The molecule has 0 aromatic carbocycles. The van der Waals surface area contributed by atoms with Gasteiger partial charge in [-0.05, 0) is 65.5 Å². The van der Waals surface area contributed by atoms with Gasteiger partial charge >= 0.3 is 6.09 Å². The Bertz CT molecular complexity index is 1610. The molecular formula is C27H29FN6O3. The number of pyridine rings is 2. The van der Waals surface area contributed by atoms with Gasteiger partial charge in [0.25, 0.3) is 5.56 Å². The summed E-state index contributed by atoms with van der Waals surface area (Å²) in [5, 5.41) is 0.408. The van der Waals surface area contributed by atoms with E-state index in [1.54, 1.807) is 40.5 Å². The Morgan fingerprint density at radius 3 is 2.73 bits per heavy atom. The Kier molecular flexibility index (Phi) is 5.15. The minimum absolute atomic E-state index is 0.0289. The first kappa shape index (κ1) is 23.6. The first-order chi connectivity index (χ1) is 17.5. The van der Waals surface area contributed by atoms with Crippen molar-refractivity contribution in [2.75, 3.05) is 6.54 Å². The van der Waals surface area contributed by atoms with Crippen LogP contribution in [0.3, 0.4) is 0 Å². The van der Waals surface area contributed by atoms with Crippen molar-refractivity contribution in [3.05, 3.63) is 58.8 Å². The molecule has 0 bridgehead atoms. The normalized spacial score (nSPS) is 19.1. The number of fused-ring (bicyclic) bond motifs is 2. The average Bonchev–Trinajstić information content (AvgIpc) is 3.47. The highest BCUT2D eigenvalue weighted by molar-refractivity contribution is 5.78. The molecule has 37 heavy (non-hydrogen) atoms. The molecule has 1 amide bonds. The van der Waals surface area contributed by atoms with Gasteiger partial charge in [0.2, 0.25) is 0 Å². The van der Waals surface area contributed by atoms with E-state index in [0.717, 1.165) is 12.8 Å². The standard InChI is InChI=1S/C27H29FN6O3/c1-16-14-32-15-17(11-20(28)23(32)30-16)22-29-13-19-21(31-22)6-9-33(24(19)35)18-5-10-34(27(12-18)7-8-27)25(36)37-26(2,3)4/h6,9,11,13-15,18H,5,7-8,10,12H2,1-4H3. The lowest BCUT2D eigenvalue weighted by atomic mass is 9.95. The van der Waals surface area contributed by atoms with Crippen molar-refractivity contribution in [1.82, 2.24) is 28.8 Å². The topological polar surface area (TPSA) is 94.6 Å². The Hall–Kier alpha value is -3.82. The van der Waals surface area contributed by atoms with Crippen LogP contribution in [0.2, 0.25) is 0 Å². The number of carbonyl (C=O) groups is 1. The second-order valence-electron chi connectivity index (χ2n) is 11.2. The van der Waals surface area contributed by atoms with E-state index in [2.05, 4.69) is 15.0 Å². The lowest BCUT2D eigenvalue weighted by molar-refractivity contribution is 0.000497. The van der Waals surface area contributed by atoms with Crippen LogP contribution < -0.4 is 5.56 Å². The fourth-order valence-corrected chi connectivity index (χ4v) is 5.40. The molecule has 1 spiro atoms. The molecule has 4 aromatic heterocycles. The van der Waals surface area contributed by atoms with Crippen LogP contribution in [-0.2, 0) is 4.74 Å². The number of halogens is 1. The molecule has 1 atom stereocenters. The molecule has 5 heterocycles. The van der Waals surface area contributed by atoms with Crippen molar-refractivity contribution >= 4 is 22.6 Å². The summed E-state index contributed by atoms with van der Waals surface area (Å²) < 4.78 is 23.6. The van der Waals surface area contributed by atoms with Gasteiger partial charge < -0.3 is 18.6 Å². The third-order valence-electron chi connectivity index (χ3n) is 7.27. The number of nitrogens with zero attached hydrogens (tertiary/aromatic N) is 6. The van der Waals surface area contributed by atoms with Crippen molar-refractivity contribution in [3.8, 4) is 11.4 Å². The Labute approximate surface area is 212 Å². The second kappa shape index (κ2) is 8.09. The number of aromatic nitrogens is 5. The van der Waals surface area contributed by atoms with Crippen molar-refractivity contribution in [1.29, 1.82) is 0 Å². The smallest absolute Gasteiger partial charge is 0.410 e. The molecule has 192 valence electrons. The molecule has 1 unspecified atom stereocenters. The number of hydrogen-bond donors (Lipinski definition) is 0. The number of amides is 1. The van der Waals surface area contributed by atoms with E-state index in [4.69, 9.17) is 4.74 Å². The van der Waals surface area contributed by atoms with E-state index in [0.29, 0.717) is 47.4 Å². The minimum Gasteiger partial charge on any atom is -0.444 e. The van der Waals surface area contributed by atoms with E-state index in [1.807, 2.05) is 25.7 Å². The third kappa shape index (κ3) is 4.14. The van der Waals surface area contributed by atoms with Crippen LogP contribution in [0.25, 0.3) is 27.9 Å². The Balaban J connectivity index is 1.28. The van der Waals surface area contributed by atoms with Crippen molar-refractivity contribution in [2.45, 2.75) is 70.6 Å². The average molecular weight is 505 g/mol. The predicted molar refractivity (Wildman–Crippen MR) is 136 cm³/mol. The number of ether oxygens (including phenoxy) is 1. The number of piperidine rings is 1. The molecular weight excluding hydrogens is 475 g/mol. The van der Waals surface area contributed by atoms with Crippen molar-refractivity contribution in [2.24, 2.45) is 0 Å². The van der Waals surface area contributed by atoms with Crippen molar-refractivity contribution in [3.63, 3.8) is 0 Å². The maximum absolute atomic E-state index is 14.6. The van der Waals surface area contributed by atoms with E-state index < -0.39 is 11.4 Å². The highest BCUT2D eigenvalue weighted by Crippen LogP contribution is 2.51. The fraction of sp³-hybridized carbons (Fsp3) is 0.444. The molecule has 0 radical (unpaired) electrons. The third-order valence-corrected chi connectivity index (χ3v) is 7.27. The van der Waals surface area contributed by atoms with Gasteiger partial charge in [-0.1, -0.05) is 0 Å². The number of likely N-dealkylation sites (tertiary alicyclic amines) is 1. The maximum Gasteiger partial charge on any atom is 0.410 e. The summed E-state index contributed by atoms with van der Waals surface area (Å²) in [4.78, 5) is 41.2. The molecule has 0 N–H and O–H groups in total. The van der Waals surface area contributed by atoms with Gasteiger partial charge in [0, 0.05) is 48.5 Å². The summed E-state index contributed by atoms with van der Waals surface area (Å²) in [5.74, 6) is -0.129. The molecule has 1 saturated carbocycles. The maximum atomic E-state index is 14.6. The van der Waals surface area contributed by atoms with Gasteiger partial charge in [-0.3, -0.25) is 4.79 Å². The lowest BCUT2D eigenvalue weighted by Crippen LogP contribution is -2.50. The van der Waals surface area contributed by atoms with Crippen LogP contribution in [0.5, 0.6) is 0 Å². The van der Waals surface area contributed by atoms with E-state index in [1.165, 1.54) is 12.3 Å². The van der Waals surface area contributed by atoms with E-state index in [9.17, 15) is 14.0 Å². The summed E-state index contributed by atoms with van der Waals surface area (Å²) in [5.41, 5.74) is 1.00. The van der Waals surface area contributed by atoms with Crippen molar-refractivity contribution < 1.29 is 13.9 Å². The predicted octanol–water partition coefficient (Wildman–Crippen LogP) is 4.66. The van der Waals surface area contributed by atoms with Crippen LogP contribution >= 0.6 is 0 Å². The van der Waals surface area contributed by atoms with Gasteiger partial charge in [-0.25, -0.2) is 24.1 Å². The summed E-state index contributed by atoms with van der Waals surface area (Å²) in [6.07, 6.45) is 9.67. The Morgan fingerprint density at radius 2 is 2.00 bits per heavy atom. The largest absolute Gasteiger partial charge is 0.444 e. The van der Waals surface area contributed by atoms with Gasteiger partial charge in [-0.15, -0.1) is 0 Å². The van der Waals surface area contributed by atoms with Crippen LogP contribution in [0, 0.1) is 12.7 Å². The molecule has 9 nitrogen and oxygen atoms in total. The zero-order chi connectivity index (χ0) is 26.1. The number of rotatable bonds is 2. The number of aryl methyl sites for hydroxylation is 1. The number of hydrogen-bond acceptors (Lipinski definition) is 6. The fourth-order valence-electron chi connectivity index (χ4n) is 5.40. The zero-order valence-electron chi connectivity index (χ0n) is 21.4. The highest BCUT2D eigenvalue weighted by atomic mass is 19.1. The second-order valence-corrected chi connectivity index (χ2v) is 11.2. The monoisotopic (exact) mass is 504 g/mol. The van der Waals surface area contributed by atoms with Gasteiger partial charge in [-0.2, -0.15) is 0 Å². The van der Waals surface area contributed by atoms with Gasteiger partial charge in [0.05, 0.1) is 16.6 Å². The minimum atomic E-state index is -0.548. The first-order valence-electron chi connectivity index (χ1n) is 12.6. The van der Waals surface area contributed by atoms with Crippen LogP contribution in [-0.4, -0.2) is 52.6 Å². The van der Waals surface area contributed by atoms with E-state index in [-0.39, 0.29) is 28.9 Å². The molecule has 1 saturated heterocycles. The van der Waals surface area contributed by atoms with E-state index >= 15 is 0 Å². The molecule has 1 aliphatic carbocycles. The van der Waals surface area contributed by atoms with Crippen LogP contribution in [0.1, 0.15) is 58.2 Å². The molecule has 2 fully saturated rings. The number of carbonyl (C=O) groups excluding carboxylic acids is 1. The molecule has 10 heteroatoms. The quantitative estimate of drug-likeness (QED) is 0.394. The van der Waals surface area contributed by atoms with Gasteiger partial charge in [0.1, 0.15) is 5.60 Å². The van der Waals surface area contributed by atoms with Crippen LogP contribution in [0.4, 0.5) is 9.18 Å². The lowest BCUT2D eigenvalue weighted by Gasteiger charge is -2.41. The molecule has 4 aromatic rings. The summed E-state index contributed by atoms with van der Waals surface area (Å²) in [6, 6.07) is 3.13. The summed E-state index contributed by atoms with van der Waals surface area (Å²) in [6.45, 7) is 7.95. The van der Waals surface area contributed by atoms with Crippen LogP contribution in [0.15, 0.2) is 41.7 Å². The molecule has 1 aliphatic heterocycles. The SMILES string of the molecule is Cc1cn2cc(-c3ncc4c(=O)n(C5CCN(C(=O)OC(C)(C)C)C6(CC6)C5)ccc4n3)cc(F)c2n1. The summed E-state index contributed by atoms with van der Waals surface area (Å²) in [7, 11) is 0. The molecule has 2 aliphatic rings. The highest BCUT2D eigenvalue weighted by Gasteiger charge is 2.54. The zero-order valence-corrected chi connectivity index (χ0v) is 21.4. The summed E-state index contributed by atoms with van der Waals surface area (Å²) >= 11 is 0. The Morgan fingerprint density at radius 1 is 1.22 bits per heavy atom. The van der Waals surface area contributed by atoms with Gasteiger partial charge in [0.15, 0.2) is 17.3 Å². The molecule has 6 rings (SSSR count). The number of imidazole rings is 1. The first-order valence-corrected chi connectivity index (χ1v) is 12.6.